The number of rotatable bonds is 7. The van der Waals surface area contributed by atoms with Crippen molar-refractivity contribution in [2.75, 3.05) is 25.6 Å². The van der Waals surface area contributed by atoms with Gasteiger partial charge in [0.05, 0.1) is 30.2 Å². The molecule has 0 saturated carbocycles. The molecule has 2 N–H and O–H groups in total. The minimum atomic E-state index is -0.321. The van der Waals surface area contributed by atoms with Crippen LogP contribution in [0.4, 0.5) is 10.5 Å². The Morgan fingerprint density at radius 1 is 1.22 bits per heavy atom. The number of urea groups is 1. The molecule has 1 unspecified atom stereocenters. The number of nitrogens with zero attached hydrogens (tertiary/aromatic N) is 2. The normalized spacial score (nSPS) is 11.6. The summed E-state index contributed by atoms with van der Waals surface area (Å²) in [6.45, 7) is 2.79. The lowest BCUT2D eigenvalue weighted by molar-refractivity contribution is 0.144. The van der Waals surface area contributed by atoms with Crippen LogP contribution in [0.1, 0.15) is 18.7 Å². The Balaban J connectivity index is 1.83. The van der Waals surface area contributed by atoms with E-state index in [4.69, 9.17) is 9.47 Å². The monoisotopic (exact) mass is 316 g/mol. The zero-order valence-electron chi connectivity index (χ0n) is 13.2. The van der Waals surface area contributed by atoms with E-state index in [-0.39, 0.29) is 12.1 Å². The number of amides is 2. The molecule has 1 atom stereocenters. The molecule has 7 heteroatoms. The van der Waals surface area contributed by atoms with E-state index in [0.29, 0.717) is 24.8 Å². The van der Waals surface area contributed by atoms with Crippen molar-refractivity contribution in [3.8, 4) is 5.88 Å². The van der Waals surface area contributed by atoms with Crippen LogP contribution in [-0.4, -0.2) is 36.3 Å². The van der Waals surface area contributed by atoms with Gasteiger partial charge in [-0.3, -0.25) is 4.98 Å². The first-order valence-electron chi connectivity index (χ1n) is 7.25. The fourth-order valence-corrected chi connectivity index (χ4v) is 1.84. The molecule has 0 radical (unpaired) electrons. The molecular formula is C16H20N4O3. The highest BCUT2D eigenvalue weighted by molar-refractivity contribution is 5.89. The SMILES string of the molecule is COCCOc1ccc(NC(=O)NC(C)c2ccccn2)cn1. The van der Waals surface area contributed by atoms with Crippen LogP contribution in [0.15, 0.2) is 42.7 Å². The van der Waals surface area contributed by atoms with Gasteiger partial charge in [0.25, 0.3) is 0 Å². The number of hydrogen-bond acceptors (Lipinski definition) is 5. The van der Waals surface area contributed by atoms with Crippen LogP contribution >= 0.6 is 0 Å². The lowest BCUT2D eigenvalue weighted by atomic mass is 10.2. The lowest BCUT2D eigenvalue weighted by Crippen LogP contribution is -2.31. The van der Waals surface area contributed by atoms with Crippen molar-refractivity contribution < 1.29 is 14.3 Å². The maximum atomic E-state index is 12.0. The highest BCUT2D eigenvalue weighted by Gasteiger charge is 2.10. The third kappa shape index (κ3) is 5.55. The standard InChI is InChI=1S/C16H20N4O3/c1-12(14-5-3-4-8-17-14)19-16(21)20-13-6-7-15(18-11-13)23-10-9-22-2/h3-8,11-12H,9-10H2,1-2H3,(H2,19,20,21). The number of nitrogens with one attached hydrogen (secondary N) is 2. The number of hydrogen-bond donors (Lipinski definition) is 2. The average molecular weight is 316 g/mol. The molecule has 7 nitrogen and oxygen atoms in total. The van der Waals surface area contributed by atoms with Gasteiger partial charge >= 0.3 is 6.03 Å². The summed E-state index contributed by atoms with van der Waals surface area (Å²) in [6, 6.07) is 8.47. The molecule has 2 aromatic heterocycles. The van der Waals surface area contributed by atoms with E-state index in [9.17, 15) is 4.79 Å². The summed E-state index contributed by atoms with van der Waals surface area (Å²) in [6.07, 6.45) is 3.23. The highest BCUT2D eigenvalue weighted by Crippen LogP contribution is 2.12. The molecule has 2 rings (SSSR count). The Hall–Kier alpha value is -2.67. The van der Waals surface area contributed by atoms with Gasteiger partial charge in [0.1, 0.15) is 6.61 Å². The third-order valence-corrected chi connectivity index (χ3v) is 3.01. The number of ether oxygens (including phenoxy) is 2. The fraction of sp³-hybridized carbons (Fsp3) is 0.312. The molecule has 0 aliphatic heterocycles. The van der Waals surface area contributed by atoms with Crippen LogP contribution in [0.25, 0.3) is 0 Å². The molecular weight excluding hydrogens is 296 g/mol. The minimum Gasteiger partial charge on any atom is -0.475 e. The van der Waals surface area contributed by atoms with E-state index >= 15 is 0 Å². The Morgan fingerprint density at radius 3 is 2.74 bits per heavy atom. The third-order valence-electron chi connectivity index (χ3n) is 3.01. The van der Waals surface area contributed by atoms with Gasteiger partial charge in [-0.1, -0.05) is 6.07 Å². The smallest absolute Gasteiger partial charge is 0.319 e. The summed E-state index contributed by atoms with van der Waals surface area (Å²) in [5.74, 6) is 0.481. The molecule has 0 fully saturated rings. The first-order chi connectivity index (χ1) is 11.2. The van der Waals surface area contributed by atoms with E-state index in [0.717, 1.165) is 5.69 Å². The number of methoxy groups -OCH3 is 1. The van der Waals surface area contributed by atoms with E-state index in [1.165, 1.54) is 6.20 Å². The number of carbonyl (C=O) groups excluding carboxylic acids is 1. The summed E-state index contributed by atoms with van der Waals surface area (Å²) >= 11 is 0. The number of anilines is 1. The summed E-state index contributed by atoms with van der Waals surface area (Å²) in [4.78, 5) is 20.3. The predicted octanol–water partition coefficient (Wildman–Crippen LogP) is 2.38. The van der Waals surface area contributed by atoms with E-state index in [1.54, 1.807) is 25.4 Å². The summed E-state index contributed by atoms with van der Waals surface area (Å²) in [7, 11) is 1.61. The molecule has 2 aromatic rings. The van der Waals surface area contributed by atoms with Crippen LogP contribution < -0.4 is 15.4 Å². The molecule has 122 valence electrons. The maximum absolute atomic E-state index is 12.0. The summed E-state index contributed by atoms with van der Waals surface area (Å²) in [5.41, 5.74) is 1.37. The van der Waals surface area contributed by atoms with Crippen molar-refractivity contribution in [2.24, 2.45) is 0 Å². The van der Waals surface area contributed by atoms with Crippen molar-refractivity contribution in [1.29, 1.82) is 0 Å². The van der Waals surface area contributed by atoms with Gasteiger partial charge in [-0.15, -0.1) is 0 Å². The second-order valence-corrected chi connectivity index (χ2v) is 4.80. The van der Waals surface area contributed by atoms with Gasteiger partial charge in [0.2, 0.25) is 5.88 Å². The first-order valence-corrected chi connectivity index (χ1v) is 7.25. The molecule has 0 aromatic carbocycles. The summed E-state index contributed by atoms with van der Waals surface area (Å²) < 4.78 is 10.2. The molecule has 23 heavy (non-hydrogen) atoms. The van der Waals surface area contributed by atoms with Crippen LogP contribution in [-0.2, 0) is 4.74 Å². The number of carbonyl (C=O) groups is 1. The molecule has 2 heterocycles. The zero-order valence-corrected chi connectivity index (χ0v) is 13.2. The Kier molecular flexibility index (Phi) is 6.31. The number of pyridine rings is 2. The first kappa shape index (κ1) is 16.7. The van der Waals surface area contributed by atoms with Gasteiger partial charge in [0, 0.05) is 19.4 Å². The van der Waals surface area contributed by atoms with Crippen molar-refractivity contribution in [1.82, 2.24) is 15.3 Å². The van der Waals surface area contributed by atoms with Gasteiger partial charge in [-0.2, -0.15) is 0 Å². The van der Waals surface area contributed by atoms with Crippen molar-refractivity contribution in [3.05, 3.63) is 48.4 Å². The maximum Gasteiger partial charge on any atom is 0.319 e. The number of aromatic nitrogens is 2. The van der Waals surface area contributed by atoms with Gasteiger partial charge < -0.3 is 20.1 Å². The molecule has 0 aliphatic rings. The predicted molar refractivity (Wildman–Crippen MR) is 86.4 cm³/mol. The average Bonchev–Trinajstić information content (AvgIpc) is 2.57. The second kappa shape index (κ2) is 8.70. The fourth-order valence-electron chi connectivity index (χ4n) is 1.84. The van der Waals surface area contributed by atoms with Crippen LogP contribution in [0.3, 0.4) is 0 Å². The van der Waals surface area contributed by atoms with E-state index in [1.807, 2.05) is 25.1 Å². The highest BCUT2D eigenvalue weighted by atomic mass is 16.5. The lowest BCUT2D eigenvalue weighted by Gasteiger charge is -2.14. The molecule has 0 aliphatic carbocycles. The quantitative estimate of drug-likeness (QED) is 0.766. The van der Waals surface area contributed by atoms with Crippen molar-refractivity contribution in [2.45, 2.75) is 13.0 Å². The largest absolute Gasteiger partial charge is 0.475 e. The van der Waals surface area contributed by atoms with Crippen molar-refractivity contribution in [3.63, 3.8) is 0 Å². The van der Waals surface area contributed by atoms with E-state index < -0.39 is 0 Å². The Bertz CT molecular complexity index is 604. The van der Waals surface area contributed by atoms with Gasteiger partial charge in [-0.25, -0.2) is 9.78 Å². The summed E-state index contributed by atoms with van der Waals surface area (Å²) in [5, 5.41) is 5.53. The molecule has 0 bridgehead atoms. The Morgan fingerprint density at radius 2 is 2.09 bits per heavy atom. The molecule has 2 amide bonds. The van der Waals surface area contributed by atoms with Gasteiger partial charge in [0.15, 0.2) is 0 Å². The van der Waals surface area contributed by atoms with Crippen LogP contribution in [0.5, 0.6) is 5.88 Å². The van der Waals surface area contributed by atoms with Crippen LogP contribution in [0, 0.1) is 0 Å². The van der Waals surface area contributed by atoms with Crippen LogP contribution in [0.2, 0.25) is 0 Å². The van der Waals surface area contributed by atoms with Crippen molar-refractivity contribution >= 4 is 11.7 Å². The minimum absolute atomic E-state index is 0.194. The van der Waals surface area contributed by atoms with Gasteiger partial charge in [-0.05, 0) is 25.1 Å². The second-order valence-electron chi connectivity index (χ2n) is 4.80. The zero-order chi connectivity index (χ0) is 16.5. The molecule has 0 saturated heterocycles. The van der Waals surface area contributed by atoms with E-state index in [2.05, 4.69) is 20.6 Å². The topological polar surface area (TPSA) is 85.4 Å². The Labute approximate surface area is 135 Å². The molecule has 0 spiro atoms.